The minimum Gasteiger partial charge on any atom is -0.480 e. The molecule has 228 valence electrons. The number of nitrogens with zero attached hydrogens (tertiary/aromatic N) is 1. The third-order valence-electron chi connectivity index (χ3n) is 7.85. The fraction of sp³-hybridized carbons (Fsp3) is 0.184. The number of thiol groups is 1. The molecule has 5 aromatic rings. The Hall–Kier alpha value is -4.88. The van der Waals surface area contributed by atoms with E-state index in [0.717, 1.165) is 27.5 Å². The summed E-state index contributed by atoms with van der Waals surface area (Å²) in [5, 5.41) is 14.9. The number of aliphatic carboxylic acids is 1. The van der Waals surface area contributed by atoms with Crippen molar-refractivity contribution in [3.8, 4) is 0 Å². The molecule has 2 N–H and O–H groups in total. The van der Waals surface area contributed by atoms with Crippen LogP contribution in [0.4, 0.5) is 0 Å². The van der Waals surface area contributed by atoms with Gasteiger partial charge in [0.25, 0.3) is 5.91 Å². The monoisotopic (exact) mass is 616 g/mol. The van der Waals surface area contributed by atoms with Gasteiger partial charge in [-0.1, -0.05) is 121 Å². The molecule has 0 fully saturated rings. The number of nitrogens with one attached hydrogen (secondary N) is 1. The standard InChI is InChI=1S/C38H36N2O4S/c41-36(35(45)24-29-16-8-3-9-17-29)39-33(22-27-12-4-1-5-13-27)26-40(34(38(43)44)23-28-14-6-2-7-15-28)37(42)32-21-20-30-18-10-11-19-31(30)25-32/h1-21,25,33-35,45H,22-24,26H2,(H,39,41)(H,43,44). The van der Waals surface area contributed by atoms with Crippen molar-refractivity contribution in [2.24, 2.45) is 0 Å². The number of carbonyl (C=O) groups is 3. The first-order valence-corrected chi connectivity index (χ1v) is 15.5. The largest absolute Gasteiger partial charge is 0.480 e. The van der Waals surface area contributed by atoms with Crippen LogP contribution < -0.4 is 5.32 Å². The van der Waals surface area contributed by atoms with Gasteiger partial charge in [-0.05, 0) is 52.4 Å². The molecule has 5 rings (SSSR count). The zero-order valence-corrected chi connectivity index (χ0v) is 25.7. The van der Waals surface area contributed by atoms with Crippen LogP contribution in [0, 0.1) is 0 Å². The van der Waals surface area contributed by atoms with Crippen LogP contribution in [-0.2, 0) is 28.9 Å². The second-order valence-corrected chi connectivity index (χ2v) is 11.8. The third-order valence-corrected chi connectivity index (χ3v) is 8.27. The SMILES string of the molecule is O=C(NC(Cc1ccccc1)CN(C(=O)c1ccc2ccccc2c1)C(Cc1ccccc1)C(=O)O)C(S)Cc1ccccc1. The van der Waals surface area contributed by atoms with Crippen LogP contribution in [0.1, 0.15) is 27.0 Å². The maximum atomic E-state index is 14.3. The molecule has 7 heteroatoms. The number of carboxylic acid groups (broad SMARTS) is 1. The van der Waals surface area contributed by atoms with Crippen LogP contribution >= 0.6 is 12.6 Å². The van der Waals surface area contributed by atoms with Crippen molar-refractivity contribution in [3.05, 3.63) is 156 Å². The van der Waals surface area contributed by atoms with E-state index in [-0.39, 0.29) is 18.9 Å². The van der Waals surface area contributed by atoms with Crippen molar-refractivity contribution in [1.29, 1.82) is 0 Å². The van der Waals surface area contributed by atoms with Crippen LogP contribution in [-0.4, -0.2) is 51.7 Å². The summed E-state index contributed by atoms with van der Waals surface area (Å²) in [4.78, 5) is 42.1. The Morgan fingerprint density at radius 3 is 1.73 bits per heavy atom. The van der Waals surface area contributed by atoms with Crippen molar-refractivity contribution < 1.29 is 19.5 Å². The van der Waals surface area contributed by atoms with Gasteiger partial charge >= 0.3 is 5.97 Å². The Labute approximate surface area is 269 Å². The molecule has 0 spiro atoms. The topological polar surface area (TPSA) is 86.7 Å². The number of benzene rings is 5. The number of rotatable bonds is 13. The first kappa shape index (κ1) is 31.5. The Morgan fingerprint density at radius 2 is 1.16 bits per heavy atom. The van der Waals surface area contributed by atoms with E-state index >= 15 is 0 Å². The zero-order chi connectivity index (χ0) is 31.6. The van der Waals surface area contributed by atoms with Gasteiger partial charge < -0.3 is 15.3 Å². The van der Waals surface area contributed by atoms with Crippen LogP contribution in [0.25, 0.3) is 10.8 Å². The van der Waals surface area contributed by atoms with E-state index in [1.165, 1.54) is 4.90 Å². The van der Waals surface area contributed by atoms with E-state index in [0.29, 0.717) is 18.4 Å². The smallest absolute Gasteiger partial charge is 0.326 e. The van der Waals surface area contributed by atoms with Crippen LogP contribution in [0.3, 0.4) is 0 Å². The normalized spacial score (nSPS) is 13.0. The van der Waals surface area contributed by atoms with E-state index in [4.69, 9.17) is 0 Å². The van der Waals surface area contributed by atoms with Gasteiger partial charge in [0.1, 0.15) is 6.04 Å². The molecule has 45 heavy (non-hydrogen) atoms. The fourth-order valence-electron chi connectivity index (χ4n) is 5.53. The van der Waals surface area contributed by atoms with Crippen molar-refractivity contribution in [3.63, 3.8) is 0 Å². The highest BCUT2D eigenvalue weighted by molar-refractivity contribution is 7.81. The Kier molecular flexibility index (Phi) is 10.7. The number of carboxylic acids is 1. The Morgan fingerprint density at radius 1 is 0.644 bits per heavy atom. The van der Waals surface area contributed by atoms with E-state index in [1.54, 1.807) is 12.1 Å². The number of fused-ring (bicyclic) bond motifs is 1. The quantitative estimate of drug-likeness (QED) is 0.137. The lowest BCUT2D eigenvalue weighted by Crippen LogP contribution is -2.54. The van der Waals surface area contributed by atoms with E-state index in [2.05, 4.69) is 17.9 Å². The van der Waals surface area contributed by atoms with Crippen molar-refractivity contribution >= 4 is 41.2 Å². The second kappa shape index (κ2) is 15.2. The lowest BCUT2D eigenvalue weighted by Gasteiger charge is -2.33. The molecule has 0 bridgehead atoms. The number of hydrogen-bond acceptors (Lipinski definition) is 4. The highest BCUT2D eigenvalue weighted by Gasteiger charge is 2.33. The lowest BCUT2D eigenvalue weighted by atomic mass is 9.99. The molecule has 0 radical (unpaired) electrons. The molecule has 0 saturated carbocycles. The first-order valence-electron chi connectivity index (χ1n) is 15.0. The van der Waals surface area contributed by atoms with Crippen LogP contribution in [0.2, 0.25) is 0 Å². The van der Waals surface area contributed by atoms with E-state index < -0.39 is 29.2 Å². The fourth-order valence-corrected chi connectivity index (χ4v) is 5.82. The van der Waals surface area contributed by atoms with Gasteiger partial charge in [-0.15, -0.1) is 0 Å². The zero-order valence-electron chi connectivity index (χ0n) is 24.8. The number of carbonyl (C=O) groups excluding carboxylic acids is 2. The molecule has 0 heterocycles. The molecule has 0 saturated heterocycles. The van der Waals surface area contributed by atoms with Crippen LogP contribution in [0.5, 0.6) is 0 Å². The third kappa shape index (κ3) is 8.61. The lowest BCUT2D eigenvalue weighted by molar-refractivity contribution is -0.142. The molecule has 0 aromatic heterocycles. The van der Waals surface area contributed by atoms with Crippen LogP contribution in [0.15, 0.2) is 133 Å². The van der Waals surface area contributed by atoms with Crippen molar-refractivity contribution in [2.75, 3.05) is 6.54 Å². The minimum atomic E-state index is -1.17. The van der Waals surface area contributed by atoms with Gasteiger partial charge in [-0.3, -0.25) is 9.59 Å². The molecule has 0 aliphatic heterocycles. The van der Waals surface area contributed by atoms with Gasteiger partial charge in [0.15, 0.2) is 0 Å². The summed E-state index contributed by atoms with van der Waals surface area (Å²) < 4.78 is 0. The average Bonchev–Trinajstić information content (AvgIpc) is 3.07. The molecule has 5 aromatic carbocycles. The predicted octanol–water partition coefficient (Wildman–Crippen LogP) is 6.25. The van der Waals surface area contributed by atoms with Crippen molar-refractivity contribution in [2.45, 2.75) is 36.6 Å². The number of amides is 2. The highest BCUT2D eigenvalue weighted by Crippen LogP contribution is 2.21. The molecular formula is C38H36N2O4S. The molecular weight excluding hydrogens is 580 g/mol. The molecule has 6 nitrogen and oxygen atoms in total. The van der Waals surface area contributed by atoms with Gasteiger partial charge in [-0.25, -0.2) is 4.79 Å². The summed E-state index contributed by atoms with van der Waals surface area (Å²) in [6.07, 6.45) is 0.946. The predicted molar refractivity (Wildman–Crippen MR) is 182 cm³/mol. The summed E-state index contributed by atoms with van der Waals surface area (Å²) in [5.74, 6) is -1.81. The van der Waals surface area contributed by atoms with Crippen molar-refractivity contribution in [1.82, 2.24) is 10.2 Å². The molecule has 0 aliphatic rings. The average molecular weight is 617 g/mol. The summed E-state index contributed by atoms with van der Waals surface area (Å²) in [6.45, 7) is -0.0120. The highest BCUT2D eigenvalue weighted by atomic mass is 32.1. The van der Waals surface area contributed by atoms with Gasteiger partial charge in [0.05, 0.1) is 11.3 Å². The Bertz CT molecular complexity index is 1730. The second-order valence-electron chi connectivity index (χ2n) is 11.2. The van der Waals surface area contributed by atoms with E-state index in [1.807, 2.05) is 121 Å². The maximum absolute atomic E-state index is 14.3. The summed E-state index contributed by atoms with van der Waals surface area (Å²) in [6, 6.07) is 39.9. The first-order chi connectivity index (χ1) is 21.9. The summed E-state index contributed by atoms with van der Waals surface area (Å²) in [7, 11) is 0. The molecule has 3 unspecified atom stereocenters. The van der Waals surface area contributed by atoms with E-state index in [9.17, 15) is 19.5 Å². The minimum absolute atomic E-state index is 0.0120. The number of hydrogen-bond donors (Lipinski definition) is 3. The summed E-state index contributed by atoms with van der Waals surface area (Å²) in [5.41, 5.74) is 3.11. The molecule has 2 amide bonds. The van der Waals surface area contributed by atoms with Gasteiger partial charge in [0, 0.05) is 18.5 Å². The molecule has 0 aliphatic carbocycles. The molecule has 3 atom stereocenters. The Balaban J connectivity index is 1.48. The van der Waals surface area contributed by atoms with Gasteiger partial charge in [-0.2, -0.15) is 12.6 Å². The maximum Gasteiger partial charge on any atom is 0.326 e. The van der Waals surface area contributed by atoms with Gasteiger partial charge in [0.2, 0.25) is 5.91 Å². The summed E-state index contributed by atoms with van der Waals surface area (Å²) >= 11 is 4.61.